The van der Waals surface area contributed by atoms with Gasteiger partial charge in [0.25, 0.3) is 0 Å². The first kappa shape index (κ1) is 21.9. The summed E-state index contributed by atoms with van der Waals surface area (Å²) in [5.41, 5.74) is 1.23. The first-order valence-corrected chi connectivity index (χ1v) is 13.0. The molecule has 4 heteroatoms. The Morgan fingerprint density at radius 3 is 2.82 bits per heavy atom. The standard InChI is InChI=1S/C29H38O4/c1-27-13-12-23-21(16-26-29(33-26)17-19(30)11-14-28(23,29)2)22(27)8-9-24(27)25(31)10-7-18-5-4-6-20(15-18)32-3/h4-7,10,15,19,21-24,26,30H,8-9,11-14,16-17H2,1-3H3/b10-7+/t19-,21-,22-,23-,24+,26-,27-,28+,29-/m0/s1. The van der Waals surface area contributed by atoms with E-state index in [0.29, 0.717) is 29.6 Å². The molecule has 4 saturated carbocycles. The highest BCUT2D eigenvalue weighted by Crippen LogP contribution is 2.73. The van der Waals surface area contributed by atoms with Crippen LogP contribution in [0, 0.1) is 34.5 Å². The maximum Gasteiger partial charge on any atom is 0.159 e. The Morgan fingerprint density at radius 2 is 2.00 bits per heavy atom. The number of benzene rings is 1. The first-order chi connectivity index (χ1) is 15.8. The van der Waals surface area contributed by atoms with Crippen molar-refractivity contribution in [1.29, 1.82) is 0 Å². The molecule has 5 fully saturated rings. The summed E-state index contributed by atoms with van der Waals surface area (Å²) in [5, 5.41) is 10.4. The van der Waals surface area contributed by atoms with Crippen molar-refractivity contribution >= 4 is 11.9 Å². The van der Waals surface area contributed by atoms with Crippen molar-refractivity contribution in [3.63, 3.8) is 0 Å². The zero-order valence-electron chi connectivity index (χ0n) is 20.3. The smallest absolute Gasteiger partial charge is 0.159 e. The highest BCUT2D eigenvalue weighted by molar-refractivity contribution is 5.96. The third kappa shape index (κ3) is 3.06. The molecule has 1 aliphatic heterocycles. The van der Waals surface area contributed by atoms with E-state index < -0.39 is 0 Å². The van der Waals surface area contributed by atoms with Crippen LogP contribution in [-0.4, -0.2) is 35.8 Å². The second kappa shape index (κ2) is 7.42. The van der Waals surface area contributed by atoms with Crippen LogP contribution in [0.3, 0.4) is 0 Å². The predicted octanol–water partition coefficient (Wildman–Crippen LogP) is 5.43. The second-order valence-corrected chi connectivity index (χ2v) is 12.1. The third-order valence-corrected chi connectivity index (χ3v) is 10.9. The molecule has 0 unspecified atom stereocenters. The van der Waals surface area contributed by atoms with Crippen LogP contribution in [0.4, 0.5) is 0 Å². The van der Waals surface area contributed by atoms with Gasteiger partial charge in [-0.05, 0) is 91.9 Å². The van der Waals surface area contributed by atoms with Gasteiger partial charge in [0.15, 0.2) is 5.78 Å². The molecule has 1 aromatic carbocycles. The van der Waals surface area contributed by atoms with E-state index in [4.69, 9.17) is 9.47 Å². The van der Waals surface area contributed by atoms with Gasteiger partial charge in [-0.2, -0.15) is 0 Å². The highest BCUT2D eigenvalue weighted by atomic mass is 16.6. The molecule has 1 heterocycles. The average Bonchev–Trinajstić information content (AvgIpc) is 3.38. The van der Waals surface area contributed by atoms with Gasteiger partial charge in [0, 0.05) is 17.8 Å². The molecule has 178 valence electrons. The van der Waals surface area contributed by atoms with E-state index in [1.165, 1.54) is 12.8 Å². The number of fused-ring (bicyclic) bond motifs is 4. The summed E-state index contributed by atoms with van der Waals surface area (Å²) in [5.74, 6) is 3.17. The molecule has 0 radical (unpaired) electrons. The van der Waals surface area contributed by atoms with Crippen LogP contribution in [0.25, 0.3) is 6.08 Å². The zero-order valence-corrected chi connectivity index (χ0v) is 20.3. The topological polar surface area (TPSA) is 59.1 Å². The van der Waals surface area contributed by atoms with Gasteiger partial charge in [0.1, 0.15) is 11.4 Å². The van der Waals surface area contributed by atoms with Crippen LogP contribution in [0.15, 0.2) is 30.3 Å². The van der Waals surface area contributed by atoms with E-state index in [2.05, 4.69) is 13.8 Å². The van der Waals surface area contributed by atoms with Crippen LogP contribution < -0.4 is 4.74 Å². The van der Waals surface area contributed by atoms with E-state index in [0.717, 1.165) is 49.8 Å². The summed E-state index contributed by atoms with van der Waals surface area (Å²) < 4.78 is 11.8. The van der Waals surface area contributed by atoms with Gasteiger partial charge in [-0.25, -0.2) is 0 Å². The number of allylic oxidation sites excluding steroid dienone is 1. The number of hydrogen-bond donors (Lipinski definition) is 1. The van der Waals surface area contributed by atoms with Gasteiger partial charge in [0.05, 0.1) is 19.3 Å². The monoisotopic (exact) mass is 450 g/mol. The lowest BCUT2D eigenvalue weighted by Gasteiger charge is -2.59. The highest BCUT2D eigenvalue weighted by Gasteiger charge is 2.76. The van der Waals surface area contributed by atoms with E-state index >= 15 is 0 Å². The maximum absolute atomic E-state index is 13.4. The lowest BCUT2D eigenvalue weighted by atomic mass is 9.44. The molecule has 4 nitrogen and oxygen atoms in total. The molecule has 1 aromatic rings. The molecule has 1 spiro atoms. The van der Waals surface area contributed by atoms with Crippen molar-refractivity contribution in [3.8, 4) is 5.75 Å². The number of methoxy groups -OCH3 is 1. The maximum atomic E-state index is 13.4. The summed E-state index contributed by atoms with van der Waals surface area (Å²) in [6.07, 6.45) is 12.4. The van der Waals surface area contributed by atoms with Gasteiger partial charge in [-0.3, -0.25) is 4.79 Å². The van der Waals surface area contributed by atoms with Crippen molar-refractivity contribution in [2.75, 3.05) is 7.11 Å². The number of aliphatic hydroxyl groups excluding tert-OH is 1. The molecule has 1 saturated heterocycles. The van der Waals surface area contributed by atoms with Crippen molar-refractivity contribution in [2.45, 2.75) is 83.0 Å². The minimum atomic E-state index is -0.196. The molecule has 1 N–H and O–H groups in total. The molecule has 0 aromatic heterocycles. The zero-order chi connectivity index (χ0) is 23.0. The fourth-order valence-electron chi connectivity index (χ4n) is 9.16. The summed E-state index contributed by atoms with van der Waals surface area (Å²) in [6, 6.07) is 7.88. The van der Waals surface area contributed by atoms with E-state index in [-0.39, 0.29) is 28.5 Å². The molecule has 6 rings (SSSR count). The summed E-state index contributed by atoms with van der Waals surface area (Å²) in [4.78, 5) is 13.4. The second-order valence-electron chi connectivity index (χ2n) is 12.1. The average molecular weight is 451 g/mol. The van der Waals surface area contributed by atoms with E-state index in [9.17, 15) is 9.90 Å². The van der Waals surface area contributed by atoms with Crippen LogP contribution in [0.5, 0.6) is 5.75 Å². The molecular formula is C29H38O4. The summed E-state index contributed by atoms with van der Waals surface area (Å²) in [6.45, 7) is 4.87. The lowest BCUT2D eigenvalue weighted by molar-refractivity contribution is -0.131. The normalized spacial score (nSPS) is 47.9. The van der Waals surface area contributed by atoms with Crippen molar-refractivity contribution in [2.24, 2.45) is 34.5 Å². The molecular weight excluding hydrogens is 412 g/mol. The Labute approximate surface area is 197 Å². The molecule has 0 bridgehead atoms. The van der Waals surface area contributed by atoms with Gasteiger partial charge in [-0.15, -0.1) is 0 Å². The minimum absolute atomic E-state index is 0.0626. The van der Waals surface area contributed by atoms with Gasteiger partial charge >= 0.3 is 0 Å². The number of hydrogen-bond acceptors (Lipinski definition) is 4. The number of ether oxygens (including phenoxy) is 2. The van der Waals surface area contributed by atoms with Crippen LogP contribution in [-0.2, 0) is 9.53 Å². The molecule has 4 aliphatic carbocycles. The number of carbonyl (C=O) groups excluding carboxylic acids is 1. The Balaban J connectivity index is 1.22. The fourth-order valence-corrected chi connectivity index (χ4v) is 9.16. The summed E-state index contributed by atoms with van der Waals surface area (Å²) in [7, 11) is 1.67. The van der Waals surface area contributed by atoms with Crippen molar-refractivity contribution in [1.82, 2.24) is 0 Å². The van der Waals surface area contributed by atoms with E-state index in [1.54, 1.807) is 7.11 Å². The fraction of sp³-hybridized carbons (Fsp3) is 0.690. The third-order valence-electron chi connectivity index (χ3n) is 10.9. The Morgan fingerprint density at radius 1 is 1.15 bits per heavy atom. The Bertz CT molecular complexity index is 986. The number of aliphatic hydroxyl groups is 1. The largest absolute Gasteiger partial charge is 0.497 e. The Kier molecular flexibility index (Phi) is 4.92. The van der Waals surface area contributed by atoms with Gasteiger partial charge in [-0.1, -0.05) is 32.1 Å². The van der Waals surface area contributed by atoms with Crippen molar-refractivity contribution < 1.29 is 19.4 Å². The first-order valence-electron chi connectivity index (χ1n) is 13.0. The molecule has 5 aliphatic rings. The summed E-state index contributed by atoms with van der Waals surface area (Å²) >= 11 is 0. The van der Waals surface area contributed by atoms with Gasteiger partial charge < -0.3 is 14.6 Å². The van der Waals surface area contributed by atoms with Gasteiger partial charge in [0.2, 0.25) is 0 Å². The molecule has 0 amide bonds. The molecule has 33 heavy (non-hydrogen) atoms. The van der Waals surface area contributed by atoms with Crippen LogP contribution in [0.2, 0.25) is 0 Å². The number of rotatable bonds is 4. The SMILES string of the molecule is COc1cccc(/C=C/C(=O)[C@H]2CC[C@H]3[C@@H]4C[C@@H]5O[C@@]56C[C@@H](O)CC[C@]6(C)[C@H]4CC[C@]23C)c1. The Hall–Kier alpha value is -1.65. The lowest BCUT2D eigenvalue weighted by Crippen LogP contribution is -2.58. The number of carbonyl (C=O) groups is 1. The van der Waals surface area contributed by atoms with Crippen molar-refractivity contribution in [3.05, 3.63) is 35.9 Å². The number of epoxide rings is 1. The van der Waals surface area contributed by atoms with E-state index in [1.807, 2.05) is 36.4 Å². The van der Waals surface area contributed by atoms with Crippen LogP contribution in [0.1, 0.15) is 70.8 Å². The number of ketones is 1. The molecule has 9 atom stereocenters. The minimum Gasteiger partial charge on any atom is -0.497 e. The quantitative estimate of drug-likeness (QED) is 0.491. The predicted molar refractivity (Wildman–Crippen MR) is 128 cm³/mol. The van der Waals surface area contributed by atoms with Crippen LogP contribution >= 0.6 is 0 Å².